The largest absolute Gasteiger partial charge is 0.493 e. The van der Waals surface area contributed by atoms with Crippen molar-refractivity contribution < 1.29 is 19.1 Å². The SMILES string of the molecule is COc1cc(C=NNC(=O)CCC(=O)Nc2ccc(C)cc2)ccc1OCc1ccc(Br)cc1. The van der Waals surface area contributed by atoms with Crippen molar-refractivity contribution in [2.45, 2.75) is 26.4 Å². The second-order valence-electron chi connectivity index (χ2n) is 7.53. The summed E-state index contributed by atoms with van der Waals surface area (Å²) in [6.45, 7) is 2.38. The van der Waals surface area contributed by atoms with Crippen LogP contribution in [0.1, 0.15) is 29.5 Å². The van der Waals surface area contributed by atoms with Gasteiger partial charge in [-0.3, -0.25) is 9.59 Å². The Kier molecular flexibility index (Phi) is 9.22. The van der Waals surface area contributed by atoms with Crippen LogP contribution in [0.25, 0.3) is 0 Å². The zero-order valence-corrected chi connectivity index (χ0v) is 20.6. The van der Waals surface area contributed by atoms with Gasteiger partial charge in [0.15, 0.2) is 11.5 Å². The van der Waals surface area contributed by atoms with Crippen LogP contribution in [0.2, 0.25) is 0 Å². The molecule has 8 heteroatoms. The number of amides is 2. The number of ether oxygens (including phenoxy) is 2. The van der Waals surface area contributed by atoms with E-state index in [0.29, 0.717) is 23.8 Å². The molecule has 0 aliphatic heterocycles. The first-order valence-corrected chi connectivity index (χ1v) is 11.5. The van der Waals surface area contributed by atoms with E-state index in [4.69, 9.17) is 9.47 Å². The third kappa shape index (κ3) is 8.04. The summed E-state index contributed by atoms with van der Waals surface area (Å²) in [7, 11) is 1.56. The van der Waals surface area contributed by atoms with Crippen LogP contribution in [0.4, 0.5) is 5.69 Å². The van der Waals surface area contributed by atoms with Crippen LogP contribution in [-0.2, 0) is 16.2 Å². The Morgan fingerprint density at radius 2 is 1.65 bits per heavy atom. The number of carbonyl (C=O) groups excluding carboxylic acids is 2. The Labute approximate surface area is 207 Å². The van der Waals surface area contributed by atoms with Gasteiger partial charge >= 0.3 is 0 Å². The average Bonchev–Trinajstić information content (AvgIpc) is 2.84. The van der Waals surface area contributed by atoms with E-state index in [2.05, 4.69) is 31.8 Å². The van der Waals surface area contributed by atoms with Crippen molar-refractivity contribution in [2.75, 3.05) is 12.4 Å². The standard InChI is InChI=1S/C26H26BrN3O4/c1-18-3-10-22(11-4-18)29-25(31)13-14-26(32)30-28-16-20-7-12-23(24(15-20)33-2)34-17-19-5-8-21(27)9-6-19/h3-12,15-16H,13-14,17H2,1-2H3,(H,29,31)(H,30,32). The molecule has 0 heterocycles. The van der Waals surface area contributed by atoms with Gasteiger partial charge in [0.05, 0.1) is 13.3 Å². The number of hydrogen-bond acceptors (Lipinski definition) is 5. The molecule has 0 atom stereocenters. The first kappa shape index (κ1) is 25.0. The minimum atomic E-state index is -0.350. The molecule has 0 aromatic heterocycles. The molecule has 3 rings (SSSR count). The number of carbonyl (C=O) groups is 2. The third-order valence-corrected chi connectivity index (χ3v) is 5.34. The van der Waals surface area contributed by atoms with E-state index >= 15 is 0 Å². The van der Waals surface area contributed by atoms with E-state index in [-0.39, 0.29) is 24.7 Å². The summed E-state index contributed by atoms with van der Waals surface area (Å²) in [5.74, 6) is 0.578. The maximum atomic E-state index is 12.0. The highest BCUT2D eigenvalue weighted by atomic mass is 79.9. The van der Waals surface area contributed by atoms with Crippen molar-refractivity contribution >= 4 is 39.6 Å². The van der Waals surface area contributed by atoms with Crippen LogP contribution in [-0.4, -0.2) is 25.1 Å². The lowest BCUT2D eigenvalue weighted by molar-refractivity contribution is -0.124. The molecule has 0 unspecified atom stereocenters. The highest BCUT2D eigenvalue weighted by Crippen LogP contribution is 2.28. The molecule has 176 valence electrons. The van der Waals surface area contributed by atoms with Crippen molar-refractivity contribution in [3.05, 3.63) is 87.9 Å². The number of hydrogen-bond donors (Lipinski definition) is 2. The van der Waals surface area contributed by atoms with Crippen LogP contribution in [0, 0.1) is 6.92 Å². The molecule has 2 N–H and O–H groups in total. The number of benzene rings is 3. The number of hydrazone groups is 1. The fourth-order valence-corrected chi connectivity index (χ4v) is 3.21. The van der Waals surface area contributed by atoms with Gasteiger partial charge in [0.25, 0.3) is 0 Å². The Hall–Kier alpha value is -3.65. The van der Waals surface area contributed by atoms with E-state index in [1.54, 1.807) is 19.2 Å². The van der Waals surface area contributed by atoms with Crippen molar-refractivity contribution in [3.63, 3.8) is 0 Å². The van der Waals surface area contributed by atoms with Crippen LogP contribution in [0.15, 0.2) is 76.3 Å². The molecule has 0 saturated carbocycles. The molecule has 0 fully saturated rings. The number of nitrogens with zero attached hydrogens (tertiary/aromatic N) is 1. The summed E-state index contributed by atoms with van der Waals surface area (Å²) in [6.07, 6.45) is 1.60. The normalized spacial score (nSPS) is 10.7. The Morgan fingerprint density at radius 1 is 0.941 bits per heavy atom. The van der Waals surface area contributed by atoms with Crippen molar-refractivity contribution in [1.82, 2.24) is 5.43 Å². The minimum absolute atomic E-state index is 0.0290. The summed E-state index contributed by atoms with van der Waals surface area (Å²) in [5.41, 5.74) is 6.00. The van der Waals surface area contributed by atoms with E-state index in [1.807, 2.05) is 61.5 Å². The summed E-state index contributed by atoms with van der Waals surface area (Å²) in [6, 6.07) is 20.7. The van der Waals surface area contributed by atoms with Gasteiger partial charge in [0.2, 0.25) is 11.8 Å². The van der Waals surface area contributed by atoms with Crippen LogP contribution < -0.4 is 20.2 Å². The molecule has 2 amide bonds. The number of anilines is 1. The number of nitrogens with one attached hydrogen (secondary N) is 2. The molecular formula is C26H26BrN3O4. The average molecular weight is 524 g/mol. The highest BCUT2D eigenvalue weighted by Gasteiger charge is 2.08. The van der Waals surface area contributed by atoms with Gasteiger partial charge < -0.3 is 14.8 Å². The summed E-state index contributed by atoms with van der Waals surface area (Å²) < 4.78 is 12.3. The lowest BCUT2D eigenvalue weighted by Gasteiger charge is -2.11. The topological polar surface area (TPSA) is 89.0 Å². The number of aryl methyl sites for hydroxylation is 1. The second kappa shape index (κ2) is 12.6. The Bertz CT molecular complexity index is 1150. The molecule has 0 spiro atoms. The monoisotopic (exact) mass is 523 g/mol. The maximum absolute atomic E-state index is 12.0. The zero-order chi connectivity index (χ0) is 24.3. The number of halogens is 1. The van der Waals surface area contributed by atoms with Gasteiger partial charge in [0, 0.05) is 23.0 Å². The third-order valence-electron chi connectivity index (χ3n) is 4.81. The van der Waals surface area contributed by atoms with Crippen LogP contribution in [0.5, 0.6) is 11.5 Å². The fraction of sp³-hybridized carbons (Fsp3) is 0.192. The molecule has 0 radical (unpaired) electrons. The fourth-order valence-electron chi connectivity index (χ4n) is 2.95. The predicted molar refractivity (Wildman–Crippen MR) is 136 cm³/mol. The van der Waals surface area contributed by atoms with Gasteiger partial charge in [-0.2, -0.15) is 5.10 Å². The number of methoxy groups -OCH3 is 1. The van der Waals surface area contributed by atoms with Gasteiger partial charge in [-0.05, 0) is 60.5 Å². The van der Waals surface area contributed by atoms with E-state index in [1.165, 1.54) is 6.21 Å². The molecule has 0 aliphatic carbocycles. The van der Waals surface area contributed by atoms with Gasteiger partial charge in [-0.25, -0.2) is 5.43 Å². The lowest BCUT2D eigenvalue weighted by atomic mass is 10.2. The van der Waals surface area contributed by atoms with Crippen LogP contribution in [0.3, 0.4) is 0 Å². The Morgan fingerprint density at radius 3 is 2.35 bits per heavy atom. The molecular weight excluding hydrogens is 498 g/mol. The first-order valence-electron chi connectivity index (χ1n) is 10.7. The molecule has 0 bridgehead atoms. The highest BCUT2D eigenvalue weighted by molar-refractivity contribution is 9.10. The Balaban J connectivity index is 1.45. The first-order chi connectivity index (χ1) is 16.4. The van der Waals surface area contributed by atoms with E-state index < -0.39 is 0 Å². The predicted octanol–water partition coefficient (Wildman–Crippen LogP) is 5.21. The van der Waals surface area contributed by atoms with Crippen LogP contribution >= 0.6 is 15.9 Å². The molecule has 0 aliphatic rings. The zero-order valence-electron chi connectivity index (χ0n) is 19.0. The maximum Gasteiger partial charge on any atom is 0.240 e. The molecule has 34 heavy (non-hydrogen) atoms. The van der Waals surface area contributed by atoms with Crippen molar-refractivity contribution in [2.24, 2.45) is 5.10 Å². The van der Waals surface area contributed by atoms with E-state index in [0.717, 1.165) is 21.2 Å². The smallest absolute Gasteiger partial charge is 0.240 e. The molecule has 7 nitrogen and oxygen atoms in total. The quantitative estimate of drug-likeness (QED) is 0.282. The summed E-state index contributed by atoms with van der Waals surface area (Å²) in [5, 5.41) is 6.73. The minimum Gasteiger partial charge on any atom is -0.493 e. The molecule has 0 saturated heterocycles. The summed E-state index contributed by atoms with van der Waals surface area (Å²) >= 11 is 3.41. The van der Waals surface area contributed by atoms with Crippen molar-refractivity contribution in [1.29, 1.82) is 0 Å². The summed E-state index contributed by atoms with van der Waals surface area (Å²) in [4.78, 5) is 24.0. The van der Waals surface area contributed by atoms with Gasteiger partial charge in [-0.1, -0.05) is 45.8 Å². The van der Waals surface area contributed by atoms with E-state index in [9.17, 15) is 9.59 Å². The molecule has 3 aromatic carbocycles. The van der Waals surface area contributed by atoms with Gasteiger partial charge in [-0.15, -0.1) is 0 Å². The second-order valence-corrected chi connectivity index (χ2v) is 8.45. The van der Waals surface area contributed by atoms with Gasteiger partial charge in [0.1, 0.15) is 6.61 Å². The lowest BCUT2D eigenvalue weighted by Crippen LogP contribution is -2.20. The molecule has 3 aromatic rings. The number of rotatable bonds is 10. The van der Waals surface area contributed by atoms with Crippen molar-refractivity contribution in [3.8, 4) is 11.5 Å².